The van der Waals surface area contributed by atoms with Gasteiger partial charge in [0.05, 0.1) is 30.4 Å². The zero-order valence-corrected chi connectivity index (χ0v) is 19.4. The minimum atomic E-state index is -0.269. The summed E-state index contributed by atoms with van der Waals surface area (Å²) in [6.45, 7) is 3.70. The van der Waals surface area contributed by atoms with Gasteiger partial charge in [0.1, 0.15) is 0 Å². The molecule has 1 saturated carbocycles. The van der Waals surface area contributed by atoms with Crippen LogP contribution in [0.3, 0.4) is 0 Å². The lowest BCUT2D eigenvalue weighted by Crippen LogP contribution is -2.43. The fourth-order valence-corrected chi connectivity index (χ4v) is 5.27. The van der Waals surface area contributed by atoms with Gasteiger partial charge in [-0.1, -0.05) is 49.6 Å². The molecule has 7 nitrogen and oxygen atoms in total. The van der Waals surface area contributed by atoms with Crippen molar-refractivity contribution in [3.8, 4) is 0 Å². The fourth-order valence-electron chi connectivity index (χ4n) is 5.27. The van der Waals surface area contributed by atoms with Gasteiger partial charge in [-0.3, -0.25) is 24.2 Å². The molecule has 2 heterocycles. The van der Waals surface area contributed by atoms with Crippen molar-refractivity contribution in [1.29, 1.82) is 0 Å². The van der Waals surface area contributed by atoms with E-state index in [-0.39, 0.29) is 29.8 Å². The molecule has 3 aliphatic rings. The number of morpholine rings is 1. The fraction of sp³-hybridized carbons (Fsp3) is 0.444. The Balaban J connectivity index is 1.34. The van der Waals surface area contributed by atoms with E-state index in [1.807, 2.05) is 30.3 Å². The van der Waals surface area contributed by atoms with Gasteiger partial charge < -0.3 is 10.1 Å². The second kappa shape index (κ2) is 10.1. The molecule has 0 bridgehead atoms. The second-order valence-electron chi connectivity index (χ2n) is 9.38. The third kappa shape index (κ3) is 4.63. The van der Waals surface area contributed by atoms with Crippen molar-refractivity contribution in [3.63, 3.8) is 0 Å². The van der Waals surface area contributed by atoms with Gasteiger partial charge in [-0.2, -0.15) is 0 Å². The number of nitrogens with zero attached hydrogens (tertiary/aromatic N) is 2. The van der Waals surface area contributed by atoms with E-state index in [2.05, 4.69) is 10.2 Å². The summed E-state index contributed by atoms with van der Waals surface area (Å²) in [7, 11) is 0. The molecule has 0 radical (unpaired) electrons. The van der Waals surface area contributed by atoms with Crippen molar-refractivity contribution in [1.82, 2.24) is 15.1 Å². The molecule has 2 aromatic carbocycles. The lowest BCUT2D eigenvalue weighted by atomic mass is 9.94. The van der Waals surface area contributed by atoms with Crippen LogP contribution in [0.1, 0.15) is 74.8 Å². The van der Waals surface area contributed by atoms with Crippen LogP contribution in [0.5, 0.6) is 0 Å². The lowest BCUT2D eigenvalue weighted by molar-refractivity contribution is 0.0332. The normalized spacial score (nSPS) is 20.3. The Morgan fingerprint density at radius 2 is 1.65 bits per heavy atom. The number of hydrogen-bond donors (Lipinski definition) is 1. The van der Waals surface area contributed by atoms with E-state index >= 15 is 0 Å². The van der Waals surface area contributed by atoms with E-state index in [0.717, 1.165) is 50.8 Å². The zero-order chi connectivity index (χ0) is 23.5. The van der Waals surface area contributed by atoms with Gasteiger partial charge in [0.2, 0.25) is 0 Å². The molecule has 178 valence electrons. The molecule has 1 atom stereocenters. The molecule has 34 heavy (non-hydrogen) atoms. The average molecular weight is 462 g/mol. The number of nitrogens with one attached hydrogen (secondary N) is 1. The monoisotopic (exact) mass is 461 g/mol. The quantitative estimate of drug-likeness (QED) is 0.667. The Bertz CT molecular complexity index is 1060. The summed E-state index contributed by atoms with van der Waals surface area (Å²) in [5, 5.41) is 3.16. The average Bonchev–Trinajstić information content (AvgIpc) is 3.14. The summed E-state index contributed by atoms with van der Waals surface area (Å²) in [4.78, 5) is 43.1. The highest BCUT2D eigenvalue weighted by Gasteiger charge is 2.40. The van der Waals surface area contributed by atoms with Crippen LogP contribution in [0.4, 0.5) is 0 Å². The Morgan fingerprint density at radius 1 is 0.941 bits per heavy atom. The van der Waals surface area contributed by atoms with E-state index in [4.69, 9.17) is 4.74 Å². The van der Waals surface area contributed by atoms with Crippen molar-refractivity contribution < 1.29 is 19.1 Å². The number of rotatable bonds is 6. The number of carbonyl (C=O) groups is 3. The van der Waals surface area contributed by atoms with Crippen molar-refractivity contribution in [3.05, 3.63) is 70.8 Å². The maximum absolute atomic E-state index is 13.3. The van der Waals surface area contributed by atoms with E-state index in [1.165, 1.54) is 4.90 Å². The van der Waals surface area contributed by atoms with E-state index in [9.17, 15) is 14.4 Å². The number of carbonyl (C=O) groups excluding carboxylic acids is 3. The molecule has 0 aromatic heterocycles. The van der Waals surface area contributed by atoms with Crippen molar-refractivity contribution in [2.24, 2.45) is 0 Å². The molecule has 0 spiro atoms. The summed E-state index contributed by atoms with van der Waals surface area (Å²) in [5.74, 6) is -0.746. The number of hydrogen-bond acceptors (Lipinski definition) is 5. The van der Waals surface area contributed by atoms with Gasteiger partial charge in [0, 0.05) is 31.2 Å². The lowest BCUT2D eigenvalue weighted by Gasteiger charge is -2.31. The van der Waals surface area contributed by atoms with Gasteiger partial charge >= 0.3 is 0 Å². The summed E-state index contributed by atoms with van der Waals surface area (Å²) in [6.07, 6.45) is 4.95. The molecule has 3 amide bonds. The molecule has 5 rings (SSSR count). The maximum Gasteiger partial charge on any atom is 0.261 e. The Kier molecular flexibility index (Phi) is 6.74. The van der Waals surface area contributed by atoms with Gasteiger partial charge in [-0.15, -0.1) is 0 Å². The molecular formula is C27H31N3O4. The van der Waals surface area contributed by atoms with E-state index < -0.39 is 0 Å². The Hall–Kier alpha value is -3.03. The van der Waals surface area contributed by atoms with Gasteiger partial charge in [0.25, 0.3) is 17.7 Å². The molecule has 7 heteroatoms. The van der Waals surface area contributed by atoms with Crippen LogP contribution in [-0.4, -0.2) is 66.4 Å². The number of benzene rings is 2. The third-order valence-electron chi connectivity index (χ3n) is 7.17. The zero-order valence-electron chi connectivity index (χ0n) is 19.4. The van der Waals surface area contributed by atoms with Crippen molar-refractivity contribution in [2.75, 3.05) is 32.8 Å². The first-order valence-corrected chi connectivity index (χ1v) is 12.3. The van der Waals surface area contributed by atoms with E-state index in [1.54, 1.807) is 18.2 Å². The molecule has 2 fully saturated rings. The van der Waals surface area contributed by atoms with Crippen LogP contribution in [-0.2, 0) is 4.74 Å². The second-order valence-corrected chi connectivity index (χ2v) is 9.38. The predicted molar refractivity (Wildman–Crippen MR) is 128 cm³/mol. The smallest absolute Gasteiger partial charge is 0.261 e. The molecular weight excluding hydrogens is 430 g/mol. The number of amides is 3. The predicted octanol–water partition coefficient (Wildman–Crippen LogP) is 3.42. The van der Waals surface area contributed by atoms with Crippen LogP contribution in [0.25, 0.3) is 0 Å². The van der Waals surface area contributed by atoms with Crippen LogP contribution in [0, 0.1) is 0 Å². The van der Waals surface area contributed by atoms with Crippen molar-refractivity contribution >= 4 is 17.7 Å². The number of imide groups is 1. The Morgan fingerprint density at radius 3 is 2.38 bits per heavy atom. The highest BCUT2D eigenvalue weighted by atomic mass is 16.5. The van der Waals surface area contributed by atoms with Crippen LogP contribution < -0.4 is 5.32 Å². The first kappa shape index (κ1) is 22.7. The number of ether oxygens (including phenoxy) is 1. The minimum Gasteiger partial charge on any atom is -0.379 e. The van der Waals surface area contributed by atoms with Crippen LogP contribution in [0.2, 0.25) is 0 Å². The largest absolute Gasteiger partial charge is 0.379 e. The molecule has 1 N–H and O–H groups in total. The molecule has 1 aliphatic carbocycles. The maximum atomic E-state index is 13.3. The summed E-state index contributed by atoms with van der Waals surface area (Å²) in [6, 6.07) is 14.6. The van der Waals surface area contributed by atoms with Crippen molar-refractivity contribution in [2.45, 2.75) is 44.2 Å². The van der Waals surface area contributed by atoms with Gasteiger partial charge in [0.15, 0.2) is 0 Å². The molecule has 0 unspecified atom stereocenters. The highest BCUT2D eigenvalue weighted by molar-refractivity contribution is 6.22. The topological polar surface area (TPSA) is 79.0 Å². The standard InChI is InChI=1S/C27H31N3O4/c31-25(28-24(19-7-3-1-4-8-19)18-29-13-15-34-16-14-29)20-11-12-22-23(17-20)27(33)30(26(22)32)21-9-5-2-6-10-21/h1,3-4,7-8,11-12,17,21,24H,2,5-6,9-10,13-16,18H2,(H,28,31)/t24-/m1/s1. The minimum absolute atomic E-state index is 0.0330. The highest BCUT2D eigenvalue weighted by Crippen LogP contribution is 2.31. The summed E-state index contributed by atoms with van der Waals surface area (Å²) < 4.78 is 5.46. The Labute approximate surface area is 200 Å². The first-order chi connectivity index (χ1) is 16.6. The summed E-state index contributed by atoms with van der Waals surface area (Å²) in [5.41, 5.74) is 2.17. The van der Waals surface area contributed by atoms with Gasteiger partial charge in [-0.05, 0) is 36.6 Å². The van der Waals surface area contributed by atoms with E-state index in [0.29, 0.717) is 36.4 Å². The molecule has 2 aliphatic heterocycles. The van der Waals surface area contributed by atoms with Crippen LogP contribution >= 0.6 is 0 Å². The number of fused-ring (bicyclic) bond motifs is 1. The molecule has 1 saturated heterocycles. The SMILES string of the molecule is O=C(N[C@H](CN1CCOCC1)c1ccccc1)c1ccc2c(c1)C(=O)N(C1CCCCC1)C2=O. The van der Waals surface area contributed by atoms with Gasteiger partial charge in [-0.25, -0.2) is 0 Å². The van der Waals surface area contributed by atoms with Crippen LogP contribution in [0.15, 0.2) is 48.5 Å². The third-order valence-corrected chi connectivity index (χ3v) is 7.17. The summed E-state index contributed by atoms with van der Waals surface area (Å²) >= 11 is 0. The molecule has 2 aromatic rings. The first-order valence-electron chi connectivity index (χ1n) is 12.3.